The molecule has 0 atom stereocenters. The second-order valence-corrected chi connectivity index (χ2v) is 9.09. The van der Waals surface area contributed by atoms with E-state index in [1.165, 1.54) is 28.8 Å². The van der Waals surface area contributed by atoms with E-state index >= 15 is 0 Å². The molecule has 0 aliphatic carbocycles. The molecular weight excluding hydrogens is 448 g/mol. The van der Waals surface area contributed by atoms with Gasteiger partial charge < -0.3 is 5.11 Å². The van der Waals surface area contributed by atoms with Crippen LogP contribution in [-0.4, -0.2) is 38.4 Å². The molecule has 1 N–H and O–H groups in total. The lowest BCUT2D eigenvalue weighted by Gasteiger charge is -2.14. The van der Waals surface area contributed by atoms with Crippen molar-refractivity contribution >= 4 is 57.2 Å². The first-order valence-electron chi connectivity index (χ1n) is 9.72. The molecule has 1 fully saturated rings. The first kappa shape index (κ1) is 22.1. The lowest BCUT2D eigenvalue weighted by atomic mass is 10.0. The molecule has 0 unspecified atom stereocenters. The van der Waals surface area contributed by atoms with Gasteiger partial charge in [0.05, 0.1) is 27.9 Å². The quantitative estimate of drug-likeness (QED) is 0.225. The van der Waals surface area contributed by atoms with E-state index in [0.717, 1.165) is 28.1 Å². The van der Waals surface area contributed by atoms with E-state index in [-0.39, 0.29) is 29.0 Å². The van der Waals surface area contributed by atoms with Crippen LogP contribution >= 0.6 is 23.5 Å². The number of carbonyl (C=O) groups is 2. The summed E-state index contributed by atoms with van der Waals surface area (Å²) in [6.45, 7) is 0.0632. The summed E-state index contributed by atoms with van der Waals surface area (Å²) in [5.41, 5.74) is 1.22. The van der Waals surface area contributed by atoms with Crippen LogP contribution in [0.25, 0.3) is 16.8 Å². The van der Waals surface area contributed by atoms with Crippen LogP contribution in [0.5, 0.6) is 0 Å². The minimum absolute atomic E-state index is 0.0899. The van der Waals surface area contributed by atoms with Crippen molar-refractivity contribution in [1.82, 2.24) is 4.90 Å². The van der Waals surface area contributed by atoms with Crippen LogP contribution in [0.3, 0.4) is 0 Å². The highest BCUT2D eigenvalue weighted by Crippen LogP contribution is 2.36. The fraction of sp³-hybridized carbons (Fsp3) is 0.130. The fourth-order valence-corrected chi connectivity index (χ4v) is 5.03. The molecule has 1 heterocycles. The third-order valence-corrected chi connectivity index (χ3v) is 6.86. The van der Waals surface area contributed by atoms with Crippen LogP contribution in [0.1, 0.15) is 11.1 Å². The summed E-state index contributed by atoms with van der Waals surface area (Å²) in [6.07, 6.45) is 1.50. The van der Waals surface area contributed by atoms with E-state index in [4.69, 9.17) is 5.11 Å². The minimum Gasteiger partial charge on any atom is -0.396 e. The Balaban J connectivity index is 1.60. The molecule has 0 saturated carbocycles. The standard InChI is InChI=1S/C23H18N2O5S2/c26-10-11-31-20-9-8-15(12-19(20)25(29)30)13-21-22(27)24(23(28)32-21)14-17-6-3-5-16-4-1-2-7-18(16)17/h1-9,12-13,26H,10-11,14H2/b21-13-. The van der Waals surface area contributed by atoms with Crippen molar-refractivity contribution in [3.8, 4) is 0 Å². The molecule has 0 radical (unpaired) electrons. The van der Waals surface area contributed by atoms with Gasteiger partial charge >= 0.3 is 0 Å². The molecule has 0 spiro atoms. The highest BCUT2D eigenvalue weighted by Gasteiger charge is 2.35. The molecule has 1 saturated heterocycles. The zero-order valence-electron chi connectivity index (χ0n) is 16.8. The molecule has 0 aromatic heterocycles. The molecule has 3 aromatic rings. The molecule has 1 aliphatic rings. The molecule has 0 bridgehead atoms. The maximum Gasteiger partial charge on any atom is 0.293 e. The summed E-state index contributed by atoms with van der Waals surface area (Å²) < 4.78 is 0. The summed E-state index contributed by atoms with van der Waals surface area (Å²) >= 11 is 2.01. The zero-order valence-corrected chi connectivity index (χ0v) is 18.4. The van der Waals surface area contributed by atoms with Gasteiger partial charge in [0.15, 0.2) is 0 Å². The lowest BCUT2D eigenvalue weighted by molar-refractivity contribution is -0.387. The predicted octanol–water partition coefficient (Wildman–Crippen LogP) is 5.07. The van der Waals surface area contributed by atoms with Crippen LogP contribution in [0.15, 0.2) is 70.5 Å². The van der Waals surface area contributed by atoms with Gasteiger partial charge in [0.1, 0.15) is 0 Å². The number of nitro groups is 1. The second kappa shape index (κ2) is 9.56. The monoisotopic (exact) mass is 466 g/mol. The third kappa shape index (κ3) is 4.55. The van der Waals surface area contributed by atoms with Gasteiger partial charge in [-0.1, -0.05) is 48.5 Å². The Hall–Kier alpha value is -3.14. The van der Waals surface area contributed by atoms with E-state index in [9.17, 15) is 19.7 Å². The average Bonchev–Trinajstić information content (AvgIpc) is 3.05. The van der Waals surface area contributed by atoms with Gasteiger partial charge in [-0.05, 0) is 45.8 Å². The highest BCUT2D eigenvalue weighted by molar-refractivity contribution is 8.18. The number of aliphatic hydroxyl groups excluding tert-OH is 1. The molecule has 32 heavy (non-hydrogen) atoms. The number of imide groups is 1. The van der Waals surface area contributed by atoms with Crippen molar-refractivity contribution in [2.45, 2.75) is 11.4 Å². The Morgan fingerprint density at radius 1 is 1.09 bits per heavy atom. The SMILES string of the molecule is O=C1S/C(=C\c2ccc(SCCO)c([N+](=O)[O-])c2)C(=O)N1Cc1cccc2ccccc12. The Bertz CT molecular complexity index is 1250. The van der Waals surface area contributed by atoms with Gasteiger partial charge in [-0.25, -0.2) is 0 Å². The van der Waals surface area contributed by atoms with Gasteiger partial charge in [-0.3, -0.25) is 24.6 Å². The smallest absolute Gasteiger partial charge is 0.293 e. The summed E-state index contributed by atoms with van der Waals surface area (Å²) in [5, 5.41) is 22.0. The Labute approximate surface area is 192 Å². The van der Waals surface area contributed by atoms with Crippen molar-refractivity contribution < 1.29 is 19.6 Å². The Kier molecular flexibility index (Phi) is 6.59. The number of benzene rings is 3. The van der Waals surface area contributed by atoms with Gasteiger partial charge in [0.25, 0.3) is 16.8 Å². The van der Waals surface area contributed by atoms with E-state index in [1.54, 1.807) is 12.1 Å². The van der Waals surface area contributed by atoms with E-state index < -0.39 is 10.8 Å². The summed E-state index contributed by atoms with van der Waals surface area (Å²) in [7, 11) is 0. The number of carbonyl (C=O) groups excluding carboxylic acids is 2. The van der Waals surface area contributed by atoms with Crippen molar-refractivity contribution in [3.05, 3.63) is 86.8 Å². The van der Waals surface area contributed by atoms with Crippen LogP contribution in [0.2, 0.25) is 0 Å². The highest BCUT2D eigenvalue weighted by atomic mass is 32.2. The van der Waals surface area contributed by atoms with Crippen LogP contribution < -0.4 is 0 Å². The largest absolute Gasteiger partial charge is 0.396 e. The number of nitrogens with zero attached hydrogens (tertiary/aromatic N) is 2. The minimum atomic E-state index is -0.497. The lowest BCUT2D eigenvalue weighted by Crippen LogP contribution is -2.27. The summed E-state index contributed by atoms with van der Waals surface area (Å²) in [6, 6.07) is 18.1. The van der Waals surface area contributed by atoms with E-state index in [0.29, 0.717) is 16.2 Å². The first-order valence-corrected chi connectivity index (χ1v) is 11.5. The van der Waals surface area contributed by atoms with E-state index in [1.807, 2.05) is 42.5 Å². The van der Waals surface area contributed by atoms with Crippen LogP contribution in [0, 0.1) is 10.1 Å². The average molecular weight is 467 g/mol. The van der Waals surface area contributed by atoms with Gasteiger partial charge in [-0.15, -0.1) is 11.8 Å². The van der Waals surface area contributed by atoms with Crippen molar-refractivity contribution in [2.75, 3.05) is 12.4 Å². The molecular formula is C23H18N2O5S2. The molecule has 3 aromatic carbocycles. The number of aliphatic hydroxyl groups is 1. The van der Waals surface area contributed by atoms with Crippen molar-refractivity contribution in [3.63, 3.8) is 0 Å². The van der Waals surface area contributed by atoms with Gasteiger partial charge in [-0.2, -0.15) is 0 Å². The van der Waals surface area contributed by atoms with Crippen molar-refractivity contribution in [2.24, 2.45) is 0 Å². The maximum absolute atomic E-state index is 12.9. The third-order valence-electron chi connectivity index (χ3n) is 4.91. The van der Waals surface area contributed by atoms with Crippen molar-refractivity contribution in [1.29, 1.82) is 0 Å². The fourth-order valence-electron chi connectivity index (χ4n) is 3.43. The normalized spacial score (nSPS) is 15.2. The first-order chi connectivity index (χ1) is 15.5. The number of nitro benzene ring substituents is 1. The second-order valence-electron chi connectivity index (χ2n) is 6.96. The Morgan fingerprint density at radius 2 is 1.88 bits per heavy atom. The van der Waals surface area contributed by atoms with Crippen LogP contribution in [-0.2, 0) is 11.3 Å². The number of hydrogen-bond acceptors (Lipinski definition) is 7. The Morgan fingerprint density at radius 3 is 2.66 bits per heavy atom. The zero-order chi connectivity index (χ0) is 22.7. The number of amides is 2. The van der Waals surface area contributed by atoms with E-state index in [2.05, 4.69) is 0 Å². The van der Waals surface area contributed by atoms with Crippen LogP contribution in [0.4, 0.5) is 10.5 Å². The van der Waals surface area contributed by atoms with Gasteiger partial charge in [0.2, 0.25) is 0 Å². The summed E-state index contributed by atoms with van der Waals surface area (Å²) in [5.74, 6) is -0.0814. The summed E-state index contributed by atoms with van der Waals surface area (Å²) in [4.78, 5) is 38.3. The molecule has 162 valence electrons. The number of fused-ring (bicyclic) bond motifs is 1. The molecule has 1 aliphatic heterocycles. The molecule has 9 heteroatoms. The molecule has 2 amide bonds. The maximum atomic E-state index is 12.9. The topological polar surface area (TPSA) is 101 Å². The van der Waals surface area contributed by atoms with Gasteiger partial charge in [0, 0.05) is 11.8 Å². The molecule has 4 rings (SSSR count). The number of rotatable bonds is 7. The number of hydrogen-bond donors (Lipinski definition) is 1. The number of thioether (sulfide) groups is 2. The predicted molar refractivity (Wildman–Crippen MR) is 126 cm³/mol. The molecule has 7 nitrogen and oxygen atoms in total.